The average molecular weight is 220 g/mol. The van der Waals surface area contributed by atoms with E-state index in [-0.39, 0.29) is 6.10 Å². The van der Waals surface area contributed by atoms with Crippen LogP contribution in [0.25, 0.3) is 0 Å². The Labute approximate surface area is 94.9 Å². The van der Waals surface area contributed by atoms with Gasteiger partial charge in [-0.15, -0.1) is 0 Å². The molecule has 86 valence electrons. The van der Waals surface area contributed by atoms with E-state index in [9.17, 15) is 0 Å². The van der Waals surface area contributed by atoms with Crippen LogP contribution in [0.4, 0.5) is 5.69 Å². The van der Waals surface area contributed by atoms with E-state index in [0.717, 1.165) is 29.9 Å². The molecule has 1 aromatic carbocycles. The molecule has 1 fully saturated rings. The quantitative estimate of drug-likeness (QED) is 0.602. The van der Waals surface area contributed by atoms with Crippen LogP contribution < -0.4 is 10.5 Å². The number of hydrogen-bond donors (Lipinski definition) is 2. The maximum absolute atomic E-state index is 7.21. The lowest BCUT2D eigenvalue weighted by atomic mass is 10.1. The monoisotopic (exact) mass is 220 g/mol. The van der Waals surface area contributed by atoms with Crippen LogP contribution in [0.15, 0.2) is 12.1 Å². The van der Waals surface area contributed by atoms with Crippen molar-refractivity contribution in [3.8, 4) is 5.75 Å². The number of hydrogen-bond acceptors (Lipinski definition) is 4. The van der Waals surface area contributed by atoms with Crippen molar-refractivity contribution in [2.75, 3.05) is 18.9 Å². The fourth-order valence-electron chi connectivity index (χ4n) is 1.76. The zero-order valence-corrected chi connectivity index (χ0v) is 9.32. The minimum Gasteiger partial charge on any atom is -0.488 e. The number of nitrogen functional groups attached to an aromatic ring is 1. The summed E-state index contributed by atoms with van der Waals surface area (Å²) >= 11 is 0. The Kier molecular flexibility index (Phi) is 3.10. The van der Waals surface area contributed by atoms with Crippen molar-refractivity contribution in [2.24, 2.45) is 0 Å². The van der Waals surface area contributed by atoms with Crippen LogP contribution in [0.1, 0.15) is 17.5 Å². The molecule has 1 aromatic rings. The van der Waals surface area contributed by atoms with Gasteiger partial charge in [0.2, 0.25) is 0 Å². The summed E-state index contributed by atoms with van der Waals surface area (Å²) in [5, 5.41) is 7.21. The highest BCUT2D eigenvalue weighted by Crippen LogP contribution is 2.26. The van der Waals surface area contributed by atoms with Gasteiger partial charge < -0.3 is 20.6 Å². The summed E-state index contributed by atoms with van der Waals surface area (Å²) in [7, 11) is 0. The third-order valence-electron chi connectivity index (χ3n) is 2.72. The Bertz CT molecular complexity index is 398. The predicted molar refractivity (Wildman–Crippen MR) is 63.3 cm³/mol. The first-order chi connectivity index (χ1) is 7.70. The van der Waals surface area contributed by atoms with E-state index in [1.807, 2.05) is 13.0 Å². The largest absolute Gasteiger partial charge is 0.488 e. The van der Waals surface area contributed by atoms with Crippen LogP contribution in [-0.4, -0.2) is 25.5 Å². The van der Waals surface area contributed by atoms with Crippen LogP contribution >= 0.6 is 0 Å². The molecular weight excluding hydrogens is 204 g/mol. The molecule has 1 heterocycles. The maximum atomic E-state index is 7.21. The van der Waals surface area contributed by atoms with Gasteiger partial charge >= 0.3 is 0 Å². The van der Waals surface area contributed by atoms with Crippen molar-refractivity contribution >= 4 is 11.9 Å². The first-order valence-electron chi connectivity index (χ1n) is 5.35. The van der Waals surface area contributed by atoms with Crippen molar-refractivity contribution in [3.63, 3.8) is 0 Å². The summed E-state index contributed by atoms with van der Waals surface area (Å²) in [5.41, 5.74) is 8.12. The summed E-state index contributed by atoms with van der Waals surface area (Å²) in [5.74, 6) is 0.790. The van der Waals surface area contributed by atoms with Gasteiger partial charge in [0.25, 0.3) is 0 Å². The minimum absolute atomic E-state index is 0.129. The second kappa shape index (κ2) is 4.53. The Hall–Kier alpha value is -1.55. The number of benzene rings is 1. The van der Waals surface area contributed by atoms with Crippen molar-refractivity contribution in [3.05, 3.63) is 23.3 Å². The molecule has 1 atom stereocenters. The molecular formula is C12H16N2O2. The predicted octanol–water partition coefficient (Wildman–Crippen LogP) is 1.74. The number of ether oxygens (including phenoxy) is 2. The van der Waals surface area contributed by atoms with Gasteiger partial charge in [-0.1, -0.05) is 0 Å². The van der Waals surface area contributed by atoms with E-state index in [2.05, 4.69) is 0 Å². The zero-order valence-electron chi connectivity index (χ0n) is 9.32. The highest BCUT2D eigenvalue weighted by molar-refractivity contribution is 5.85. The van der Waals surface area contributed by atoms with Crippen LogP contribution in [-0.2, 0) is 4.74 Å². The van der Waals surface area contributed by atoms with E-state index in [4.69, 9.17) is 20.6 Å². The normalized spacial score (nSPS) is 19.7. The van der Waals surface area contributed by atoms with Gasteiger partial charge in [-0.25, -0.2) is 0 Å². The highest BCUT2D eigenvalue weighted by Gasteiger charge is 2.18. The molecule has 3 N–H and O–H groups in total. The van der Waals surface area contributed by atoms with E-state index in [0.29, 0.717) is 12.3 Å². The third kappa shape index (κ3) is 2.17. The van der Waals surface area contributed by atoms with E-state index < -0.39 is 0 Å². The van der Waals surface area contributed by atoms with Crippen molar-refractivity contribution in [2.45, 2.75) is 19.4 Å². The van der Waals surface area contributed by atoms with Crippen molar-refractivity contribution in [1.29, 1.82) is 5.41 Å². The molecule has 0 aromatic heterocycles. The SMILES string of the molecule is Cc1cc(C=N)c(N)cc1O[C@H]1CCOC1. The number of nitrogens with one attached hydrogen (secondary N) is 1. The van der Waals surface area contributed by atoms with Crippen LogP contribution in [0, 0.1) is 12.3 Å². The van der Waals surface area contributed by atoms with Gasteiger partial charge in [0.1, 0.15) is 11.9 Å². The molecule has 0 spiro atoms. The molecule has 0 saturated carbocycles. The van der Waals surface area contributed by atoms with Crippen LogP contribution in [0.5, 0.6) is 5.75 Å². The van der Waals surface area contributed by atoms with Gasteiger partial charge in [0.05, 0.1) is 13.2 Å². The Morgan fingerprint density at radius 2 is 2.38 bits per heavy atom. The summed E-state index contributed by atoms with van der Waals surface area (Å²) in [6, 6.07) is 3.65. The van der Waals surface area contributed by atoms with E-state index in [1.165, 1.54) is 6.21 Å². The molecule has 0 amide bonds. The molecule has 0 unspecified atom stereocenters. The number of anilines is 1. The molecule has 1 aliphatic heterocycles. The Balaban J connectivity index is 2.20. The first kappa shape index (κ1) is 11.0. The molecule has 0 bridgehead atoms. The molecule has 1 aliphatic rings. The molecule has 4 heteroatoms. The summed E-state index contributed by atoms with van der Waals surface area (Å²) in [6.07, 6.45) is 2.31. The lowest BCUT2D eigenvalue weighted by Gasteiger charge is -2.15. The van der Waals surface area contributed by atoms with Gasteiger partial charge in [-0.05, 0) is 18.6 Å². The Morgan fingerprint density at radius 1 is 1.56 bits per heavy atom. The zero-order chi connectivity index (χ0) is 11.5. The van der Waals surface area contributed by atoms with Crippen molar-refractivity contribution < 1.29 is 9.47 Å². The summed E-state index contributed by atoms with van der Waals surface area (Å²) in [4.78, 5) is 0. The van der Waals surface area contributed by atoms with Crippen molar-refractivity contribution in [1.82, 2.24) is 0 Å². The smallest absolute Gasteiger partial charge is 0.124 e. The molecule has 4 nitrogen and oxygen atoms in total. The Morgan fingerprint density at radius 3 is 3.00 bits per heavy atom. The molecule has 16 heavy (non-hydrogen) atoms. The topological polar surface area (TPSA) is 68.3 Å². The second-order valence-electron chi connectivity index (χ2n) is 3.99. The van der Waals surface area contributed by atoms with Gasteiger partial charge in [0, 0.05) is 30.0 Å². The molecule has 0 radical (unpaired) electrons. The van der Waals surface area contributed by atoms with Gasteiger partial charge in [0.15, 0.2) is 0 Å². The van der Waals surface area contributed by atoms with Crippen LogP contribution in [0.3, 0.4) is 0 Å². The average Bonchev–Trinajstić information content (AvgIpc) is 2.75. The fourth-order valence-corrected chi connectivity index (χ4v) is 1.76. The summed E-state index contributed by atoms with van der Waals surface area (Å²) < 4.78 is 11.1. The fraction of sp³-hybridized carbons (Fsp3) is 0.417. The van der Waals surface area contributed by atoms with Gasteiger partial charge in [-0.3, -0.25) is 0 Å². The first-order valence-corrected chi connectivity index (χ1v) is 5.35. The van der Waals surface area contributed by atoms with Crippen LogP contribution in [0.2, 0.25) is 0 Å². The lowest BCUT2D eigenvalue weighted by molar-refractivity contribution is 0.141. The second-order valence-corrected chi connectivity index (χ2v) is 3.99. The molecule has 1 saturated heterocycles. The molecule has 2 rings (SSSR count). The molecule has 0 aliphatic carbocycles. The summed E-state index contributed by atoms with van der Waals surface area (Å²) in [6.45, 7) is 3.36. The lowest BCUT2D eigenvalue weighted by Crippen LogP contribution is -2.16. The number of rotatable bonds is 3. The van der Waals surface area contributed by atoms with E-state index in [1.54, 1.807) is 6.07 Å². The minimum atomic E-state index is 0.129. The number of nitrogens with two attached hydrogens (primary N) is 1. The highest BCUT2D eigenvalue weighted by atomic mass is 16.5. The standard InChI is InChI=1S/C12H16N2O2/c1-8-4-9(6-13)11(14)5-12(8)16-10-2-3-15-7-10/h4-6,10,13H,2-3,7,14H2,1H3/t10-/m0/s1. The van der Waals surface area contributed by atoms with Gasteiger partial charge in [-0.2, -0.15) is 0 Å². The number of aryl methyl sites for hydroxylation is 1. The maximum Gasteiger partial charge on any atom is 0.124 e. The van der Waals surface area contributed by atoms with E-state index >= 15 is 0 Å². The third-order valence-corrected chi connectivity index (χ3v) is 2.72.